The van der Waals surface area contributed by atoms with E-state index in [4.69, 9.17) is 14.2 Å². The van der Waals surface area contributed by atoms with E-state index in [1.807, 2.05) is 62.2 Å². The molecule has 6 heteroatoms. The second-order valence-electron chi connectivity index (χ2n) is 6.79. The first-order valence-electron chi connectivity index (χ1n) is 9.26. The Morgan fingerprint density at radius 3 is 2.29 bits per heavy atom. The highest BCUT2D eigenvalue weighted by molar-refractivity contribution is 5.95. The third-order valence-corrected chi connectivity index (χ3v) is 4.85. The van der Waals surface area contributed by atoms with Crippen molar-refractivity contribution in [2.24, 2.45) is 0 Å². The van der Waals surface area contributed by atoms with Crippen molar-refractivity contribution < 1.29 is 19.0 Å². The molecule has 0 aliphatic carbocycles. The van der Waals surface area contributed by atoms with Gasteiger partial charge in [-0.2, -0.15) is 0 Å². The van der Waals surface area contributed by atoms with E-state index in [0.717, 1.165) is 24.1 Å². The molecule has 0 unspecified atom stereocenters. The molecule has 0 spiro atoms. The molecule has 2 rings (SSSR count). The Labute approximate surface area is 167 Å². The zero-order valence-corrected chi connectivity index (χ0v) is 17.5. The van der Waals surface area contributed by atoms with Crippen LogP contribution in [-0.2, 0) is 11.2 Å². The number of hydrogen-bond donors (Lipinski definition) is 1. The van der Waals surface area contributed by atoms with Gasteiger partial charge in [-0.3, -0.25) is 9.69 Å². The van der Waals surface area contributed by atoms with Crippen molar-refractivity contribution in [1.82, 2.24) is 4.90 Å². The highest BCUT2D eigenvalue weighted by Gasteiger charge is 2.19. The van der Waals surface area contributed by atoms with Gasteiger partial charge in [0.25, 0.3) is 0 Å². The number of hydrogen-bond acceptors (Lipinski definition) is 5. The van der Waals surface area contributed by atoms with Crippen LogP contribution in [0.4, 0.5) is 5.69 Å². The van der Waals surface area contributed by atoms with Crippen molar-refractivity contribution in [3.05, 3.63) is 47.5 Å². The SMILES string of the molecule is COc1ccc(C)cc1NC(=O)[C@@H](C)N(C)CCc1ccc(OC)c(OC)c1. The van der Waals surface area contributed by atoms with Gasteiger partial charge in [0.1, 0.15) is 5.75 Å². The first kappa shape index (κ1) is 21.6. The summed E-state index contributed by atoms with van der Waals surface area (Å²) in [7, 11) is 6.78. The molecular formula is C22H30N2O4. The Hall–Kier alpha value is -2.73. The molecule has 0 radical (unpaired) electrons. The maximum Gasteiger partial charge on any atom is 0.241 e. The lowest BCUT2D eigenvalue weighted by atomic mass is 10.1. The summed E-state index contributed by atoms with van der Waals surface area (Å²) in [5.74, 6) is 2.00. The highest BCUT2D eigenvalue weighted by atomic mass is 16.5. The predicted octanol–water partition coefficient (Wildman–Crippen LogP) is 3.52. The van der Waals surface area contributed by atoms with Crippen molar-refractivity contribution in [2.75, 3.05) is 40.2 Å². The monoisotopic (exact) mass is 386 g/mol. The minimum Gasteiger partial charge on any atom is -0.495 e. The summed E-state index contributed by atoms with van der Waals surface area (Å²) in [4.78, 5) is 14.7. The van der Waals surface area contributed by atoms with Crippen molar-refractivity contribution in [3.63, 3.8) is 0 Å². The molecule has 2 aromatic carbocycles. The van der Waals surface area contributed by atoms with E-state index in [2.05, 4.69) is 5.32 Å². The second-order valence-corrected chi connectivity index (χ2v) is 6.79. The molecule has 0 heterocycles. The summed E-state index contributed by atoms with van der Waals surface area (Å²) >= 11 is 0. The van der Waals surface area contributed by atoms with Crippen LogP contribution in [0, 0.1) is 6.92 Å². The van der Waals surface area contributed by atoms with Gasteiger partial charge >= 0.3 is 0 Å². The number of rotatable bonds is 9. The summed E-state index contributed by atoms with van der Waals surface area (Å²) < 4.78 is 16.0. The molecule has 1 amide bonds. The number of carbonyl (C=O) groups is 1. The van der Waals surface area contributed by atoms with Gasteiger partial charge in [0.15, 0.2) is 11.5 Å². The lowest BCUT2D eigenvalue weighted by molar-refractivity contribution is -0.120. The molecule has 0 bridgehead atoms. The lowest BCUT2D eigenvalue weighted by Gasteiger charge is -2.24. The Balaban J connectivity index is 1.98. The minimum atomic E-state index is -0.287. The molecule has 28 heavy (non-hydrogen) atoms. The molecule has 0 aliphatic heterocycles. The molecule has 0 aromatic heterocycles. The number of nitrogens with zero attached hydrogens (tertiary/aromatic N) is 1. The summed E-state index contributed by atoms with van der Waals surface area (Å²) in [5.41, 5.74) is 2.87. The zero-order valence-electron chi connectivity index (χ0n) is 17.5. The predicted molar refractivity (Wildman–Crippen MR) is 112 cm³/mol. The van der Waals surface area contributed by atoms with E-state index < -0.39 is 0 Å². The van der Waals surface area contributed by atoms with E-state index >= 15 is 0 Å². The Morgan fingerprint density at radius 2 is 1.64 bits per heavy atom. The quantitative estimate of drug-likeness (QED) is 0.715. The van der Waals surface area contributed by atoms with Crippen LogP contribution in [0.2, 0.25) is 0 Å². The maximum atomic E-state index is 12.7. The van der Waals surface area contributed by atoms with E-state index in [9.17, 15) is 4.79 Å². The van der Waals surface area contributed by atoms with Gasteiger partial charge in [-0.05, 0) is 62.7 Å². The fraction of sp³-hybridized carbons (Fsp3) is 0.409. The minimum absolute atomic E-state index is 0.0706. The molecule has 0 fully saturated rings. The fourth-order valence-electron chi connectivity index (χ4n) is 2.89. The number of nitrogens with one attached hydrogen (secondary N) is 1. The van der Waals surface area contributed by atoms with Crippen molar-refractivity contribution in [1.29, 1.82) is 0 Å². The molecule has 0 saturated carbocycles. The number of carbonyl (C=O) groups excluding carboxylic acids is 1. The lowest BCUT2D eigenvalue weighted by Crippen LogP contribution is -2.40. The van der Waals surface area contributed by atoms with E-state index in [1.165, 1.54) is 0 Å². The van der Waals surface area contributed by atoms with Gasteiger partial charge in [0.05, 0.1) is 33.1 Å². The van der Waals surface area contributed by atoms with Crippen LogP contribution in [0.25, 0.3) is 0 Å². The average molecular weight is 386 g/mol. The molecule has 152 valence electrons. The van der Waals surface area contributed by atoms with E-state index in [0.29, 0.717) is 22.9 Å². The molecular weight excluding hydrogens is 356 g/mol. The third kappa shape index (κ3) is 5.39. The van der Waals surface area contributed by atoms with Crippen LogP contribution in [0.5, 0.6) is 17.2 Å². The smallest absolute Gasteiger partial charge is 0.241 e. The number of likely N-dealkylation sites (N-methyl/N-ethyl adjacent to an activating group) is 1. The first-order valence-corrected chi connectivity index (χ1v) is 9.26. The largest absolute Gasteiger partial charge is 0.495 e. The topological polar surface area (TPSA) is 60.0 Å². The molecule has 6 nitrogen and oxygen atoms in total. The van der Waals surface area contributed by atoms with Gasteiger partial charge in [0, 0.05) is 6.54 Å². The van der Waals surface area contributed by atoms with Gasteiger partial charge < -0.3 is 19.5 Å². The van der Waals surface area contributed by atoms with Gasteiger partial charge in [-0.25, -0.2) is 0 Å². The third-order valence-electron chi connectivity index (χ3n) is 4.85. The molecule has 0 aliphatic rings. The van der Waals surface area contributed by atoms with Crippen molar-refractivity contribution in [2.45, 2.75) is 26.3 Å². The Kier molecular flexibility index (Phi) is 7.70. The number of benzene rings is 2. The Morgan fingerprint density at radius 1 is 1.00 bits per heavy atom. The number of anilines is 1. The van der Waals surface area contributed by atoms with Gasteiger partial charge in [-0.15, -0.1) is 0 Å². The van der Waals surface area contributed by atoms with Crippen LogP contribution in [0.3, 0.4) is 0 Å². The van der Waals surface area contributed by atoms with Crippen LogP contribution in [-0.4, -0.2) is 51.8 Å². The van der Waals surface area contributed by atoms with Crippen LogP contribution >= 0.6 is 0 Å². The van der Waals surface area contributed by atoms with Crippen LogP contribution < -0.4 is 19.5 Å². The summed E-state index contributed by atoms with van der Waals surface area (Å²) in [6.07, 6.45) is 0.794. The number of methoxy groups -OCH3 is 3. The van der Waals surface area contributed by atoms with Crippen LogP contribution in [0.15, 0.2) is 36.4 Å². The van der Waals surface area contributed by atoms with Crippen molar-refractivity contribution in [3.8, 4) is 17.2 Å². The fourth-order valence-corrected chi connectivity index (χ4v) is 2.89. The maximum absolute atomic E-state index is 12.7. The standard InChI is InChI=1S/C22H30N2O4/c1-15-7-9-19(26-4)18(13-15)23-22(25)16(2)24(3)12-11-17-8-10-20(27-5)21(14-17)28-6/h7-10,13-14,16H,11-12H2,1-6H3,(H,23,25)/t16-/m1/s1. The Bertz CT molecular complexity index is 807. The average Bonchev–Trinajstić information content (AvgIpc) is 2.71. The summed E-state index contributed by atoms with van der Waals surface area (Å²) in [5, 5.41) is 2.97. The summed E-state index contributed by atoms with van der Waals surface area (Å²) in [6, 6.07) is 11.3. The van der Waals surface area contributed by atoms with E-state index in [-0.39, 0.29) is 11.9 Å². The van der Waals surface area contributed by atoms with Crippen molar-refractivity contribution >= 4 is 11.6 Å². The first-order chi connectivity index (χ1) is 13.4. The number of ether oxygens (including phenoxy) is 3. The van der Waals surface area contributed by atoms with Crippen LogP contribution in [0.1, 0.15) is 18.1 Å². The highest BCUT2D eigenvalue weighted by Crippen LogP contribution is 2.28. The normalized spacial score (nSPS) is 11.8. The zero-order chi connectivity index (χ0) is 20.7. The second kappa shape index (κ2) is 9.99. The molecule has 2 aromatic rings. The van der Waals surface area contributed by atoms with Gasteiger partial charge in [0.2, 0.25) is 5.91 Å². The number of aryl methyl sites for hydroxylation is 1. The molecule has 1 atom stereocenters. The molecule has 1 N–H and O–H groups in total. The summed E-state index contributed by atoms with van der Waals surface area (Å²) in [6.45, 7) is 4.61. The van der Waals surface area contributed by atoms with Gasteiger partial charge in [-0.1, -0.05) is 12.1 Å². The number of amides is 1. The van der Waals surface area contributed by atoms with E-state index in [1.54, 1.807) is 21.3 Å². The molecule has 0 saturated heterocycles.